The number of hydrogen-bond acceptors (Lipinski definition) is 4. The van der Waals surface area contributed by atoms with Crippen molar-refractivity contribution in [2.75, 3.05) is 19.7 Å². The molecule has 0 bridgehead atoms. The molecule has 3 rings (SSSR count). The number of aliphatic carboxylic acids is 1. The summed E-state index contributed by atoms with van der Waals surface area (Å²) in [6, 6.07) is 6.99. The maximum atomic E-state index is 12.4. The Labute approximate surface area is 153 Å². The number of likely N-dealkylation sites (tertiary alicyclic amines) is 1. The van der Waals surface area contributed by atoms with Gasteiger partial charge < -0.3 is 14.7 Å². The molecule has 6 heteroatoms. The van der Waals surface area contributed by atoms with E-state index in [2.05, 4.69) is 0 Å². The van der Waals surface area contributed by atoms with Crippen molar-refractivity contribution in [2.45, 2.75) is 39.0 Å². The fourth-order valence-corrected chi connectivity index (χ4v) is 4.21. The molecule has 26 heavy (non-hydrogen) atoms. The van der Waals surface area contributed by atoms with Crippen molar-refractivity contribution in [3.8, 4) is 5.75 Å². The summed E-state index contributed by atoms with van der Waals surface area (Å²) in [6.45, 7) is 2.79. The summed E-state index contributed by atoms with van der Waals surface area (Å²) >= 11 is 0. The number of fused-ring (bicyclic) bond motifs is 1. The van der Waals surface area contributed by atoms with E-state index in [0.29, 0.717) is 50.3 Å². The number of carboxylic acids is 1. The van der Waals surface area contributed by atoms with Crippen LogP contribution in [0.3, 0.4) is 0 Å². The highest BCUT2D eigenvalue weighted by Crippen LogP contribution is 2.48. The Bertz CT molecular complexity index is 716. The van der Waals surface area contributed by atoms with E-state index in [1.165, 1.54) is 6.92 Å². The predicted octanol–water partition coefficient (Wildman–Crippen LogP) is 2.76. The fraction of sp³-hybridized carbons (Fsp3) is 0.550. The normalized spacial score (nSPS) is 24.3. The molecule has 2 atom stereocenters. The molecule has 2 aliphatic rings. The zero-order chi connectivity index (χ0) is 18.7. The van der Waals surface area contributed by atoms with E-state index < -0.39 is 11.4 Å². The summed E-state index contributed by atoms with van der Waals surface area (Å²) < 4.78 is 5.63. The lowest BCUT2D eigenvalue weighted by Gasteiger charge is -2.23. The molecule has 0 spiro atoms. The first-order chi connectivity index (χ1) is 12.4. The molecule has 0 aromatic heterocycles. The quantitative estimate of drug-likeness (QED) is 0.598. The average molecular weight is 359 g/mol. The third-order valence-corrected chi connectivity index (χ3v) is 5.69. The molecule has 1 amide bonds. The van der Waals surface area contributed by atoms with Crippen LogP contribution in [0.25, 0.3) is 0 Å². The van der Waals surface area contributed by atoms with Gasteiger partial charge in [0.1, 0.15) is 5.75 Å². The lowest BCUT2D eigenvalue weighted by atomic mass is 9.81. The van der Waals surface area contributed by atoms with Crippen LogP contribution in [0.5, 0.6) is 5.75 Å². The molecule has 1 saturated carbocycles. The van der Waals surface area contributed by atoms with E-state index in [4.69, 9.17) is 4.74 Å². The van der Waals surface area contributed by atoms with Gasteiger partial charge >= 0.3 is 5.97 Å². The van der Waals surface area contributed by atoms with Gasteiger partial charge in [-0.2, -0.15) is 0 Å². The number of Topliss-reactive ketones (excluding diaryl/α,β-unsaturated/α-hetero) is 1. The van der Waals surface area contributed by atoms with Gasteiger partial charge in [0.2, 0.25) is 5.91 Å². The van der Waals surface area contributed by atoms with Crippen LogP contribution in [0.2, 0.25) is 0 Å². The Kier molecular flexibility index (Phi) is 5.30. The minimum atomic E-state index is -0.760. The van der Waals surface area contributed by atoms with Crippen molar-refractivity contribution in [1.29, 1.82) is 0 Å². The molecule has 1 N–H and O–H groups in total. The van der Waals surface area contributed by atoms with Crippen LogP contribution in [0.4, 0.5) is 0 Å². The molecule has 140 valence electrons. The molecule has 1 aromatic rings. The van der Waals surface area contributed by atoms with Crippen molar-refractivity contribution in [3.63, 3.8) is 0 Å². The Hall–Kier alpha value is -2.37. The molecule has 1 heterocycles. The molecule has 1 saturated heterocycles. The zero-order valence-electron chi connectivity index (χ0n) is 15.1. The number of ether oxygens (including phenoxy) is 1. The lowest BCUT2D eigenvalue weighted by Crippen LogP contribution is -2.37. The molecule has 0 radical (unpaired) electrons. The minimum Gasteiger partial charge on any atom is -0.494 e. The topological polar surface area (TPSA) is 83.9 Å². The Morgan fingerprint density at radius 1 is 1.35 bits per heavy atom. The average Bonchev–Trinajstić information content (AvgIpc) is 3.17. The van der Waals surface area contributed by atoms with Gasteiger partial charge in [-0.1, -0.05) is 18.6 Å². The second-order valence-electron chi connectivity index (χ2n) is 7.36. The Balaban J connectivity index is 1.46. The van der Waals surface area contributed by atoms with Gasteiger partial charge in [-0.3, -0.25) is 14.4 Å². The maximum absolute atomic E-state index is 12.4. The number of carbonyl (C=O) groups excluding carboxylic acids is 2. The number of nitrogens with zero attached hydrogens (tertiary/aromatic N) is 1. The molecule has 2 fully saturated rings. The zero-order valence-corrected chi connectivity index (χ0v) is 15.1. The monoisotopic (exact) mass is 359 g/mol. The number of carbonyl (C=O) groups is 3. The van der Waals surface area contributed by atoms with E-state index in [0.717, 1.165) is 12.8 Å². The van der Waals surface area contributed by atoms with Crippen LogP contribution in [0.15, 0.2) is 24.3 Å². The first kappa shape index (κ1) is 18.4. The van der Waals surface area contributed by atoms with Crippen LogP contribution in [-0.4, -0.2) is 47.4 Å². The summed E-state index contributed by atoms with van der Waals surface area (Å²) in [5.41, 5.74) is -0.125. The number of rotatable bonds is 7. The van der Waals surface area contributed by atoms with Gasteiger partial charge in [0, 0.05) is 25.1 Å². The standard InChI is InChI=1S/C20H25NO5/c1-14(22)15-5-2-7-17(11-15)26-10-4-8-18(23)21-12-16-6-3-9-20(16,13-21)19(24)25/h2,5,7,11,16H,3-4,6,8-10,12-13H2,1H3,(H,24,25)/t16-,20+/m0/s1. The van der Waals surface area contributed by atoms with E-state index in [9.17, 15) is 19.5 Å². The molecule has 1 aliphatic heterocycles. The van der Waals surface area contributed by atoms with Crippen LogP contribution in [-0.2, 0) is 9.59 Å². The smallest absolute Gasteiger partial charge is 0.311 e. The highest BCUT2D eigenvalue weighted by molar-refractivity contribution is 5.94. The third kappa shape index (κ3) is 3.59. The van der Waals surface area contributed by atoms with Gasteiger partial charge in [0.15, 0.2) is 5.78 Å². The molecule has 1 aliphatic carbocycles. The van der Waals surface area contributed by atoms with E-state index in [-0.39, 0.29) is 17.6 Å². The van der Waals surface area contributed by atoms with Crippen LogP contribution >= 0.6 is 0 Å². The summed E-state index contributed by atoms with van der Waals surface area (Å²) in [6.07, 6.45) is 3.41. The number of amides is 1. The predicted molar refractivity (Wildman–Crippen MR) is 95.2 cm³/mol. The Morgan fingerprint density at radius 2 is 2.15 bits per heavy atom. The van der Waals surface area contributed by atoms with Gasteiger partial charge in [0.05, 0.1) is 12.0 Å². The van der Waals surface area contributed by atoms with Crippen molar-refractivity contribution >= 4 is 17.7 Å². The van der Waals surface area contributed by atoms with E-state index in [1.54, 1.807) is 29.2 Å². The SMILES string of the molecule is CC(=O)c1cccc(OCCCC(=O)N2C[C@@H]3CCC[C@@]3(C(=O)O)C2)c1. The number of carboxylic acid groups (broad SMARTS) is 1. The third-order valence-electron chi connectivity index (χ3n) is 5.69. The highest BCUT2D eigenvalue weighted by Gasteiger charge is 2.55. The molecule has 6 nitrogen and oxygen atoms in total. The van der Waals surface area contributed by atoms with Crippen LogP contribution in [0.1, 0.15) is 49.4 Å². The van der Waals surface area contributed by atoms with Gasteiger partial charge in [-0.15, -0.1) is 0 Å². The largest absolute Gasteiger partial charge is 0.494 e. The molecular weight excluding hydrogens is 334 g/mol. The van der Waals surface area contributed by atoms with Gasteiger partial charge in [-0.25, -0.2) is 0 Å². The van der Waals surface area contributed by atoms with Gasteiger partial charge in [-0.05, 0) is 44.2 Å². The van der Waals surface area contributed by atoms with Crippen LogP contribution < -0.4 is 4.74 Å². The molecule has 1 aromatic carbocycles. The van der Waals surface area contributed by atoms with Crippen molar-refractivity contribution in [2.24, 2.45) is 11.3 Å². The Morgan fingerprint density at radius 3 is 2.85 bits per heavy atom. The first-order valence-electron chi connectivity index (χ1n) is 9.17. The van der Waals surface area contributed by atoms with Crippen molar-refractivity contribution < 1.29 is 24.2 Å². The second kappa shape index (κ2) is 7.48. The lowest BCUT2D eigenvalue weighted by molar-refractivity contribution is -0.149. The summed E-state index contributed by atoms with van der Waals surface area (Å²) in [4.78, 5) is 37.2. The van der Waals surface area contributed by atoms with Crippen molar-refractivity contribution in [3.05, 3.63) is 29.8 Å². The maximum Gasteiger partial charge on any atom is 0.311 e. The second-order valence-corrected chi connectivity index (χ2v) is 7.36. The highest BCUT2D eigenvalue weighted by atomic mass is 16.5. The summed E-state index contributed by atoms with van der Waals surface area (Å²) in [5, 5.41) is 9.59. The number of ketones is 1. The number of benzene rings is 1. The summed E-state index contributed by atoms with van der Waals surface area (Å²) in [7, 11) is 0. The summed E-state index contributed by atoms with van der Waals surface area (Å²) in [5.74, 6) is -0.0668. The molecule has 0 unspecified atom stereocenters. The van der Waals surface area contributed by atoms with Crippen LogP contribution in [0, 0.1) is 11.3 Å². The fourth-order valence-electron chi connectivity index (χ4n) is 4.21. The van der Waals surface area contributed by atoms with E-state index in [1.807, 2.05) is 0 Å². The van der Waals surface area contributed by atoms with E-state index >= 15 is 0 Å². The van der Waals surface area contributed by atoms with Crippen molar-refractivity contribution in [1.82, 2.24) is 4.90 Å². The van der Waals surface area contributed by atoms with Gasteiger partial charge in [0.25, 0.3) is 0 Å². The molecular formula is C20H25NO5. The first-order valence-corrected chi connectivity index (χ1v) is 9.17. The minimum absolute atomic E-state index is 0.00103. The number of hydrogen-bond donors (Lipinski definition) is 1.